The third-order valence-corrected chi connectivity index (χ3v) is 2.75. The molecule has 2 N–H and O–H groups in total. The third-order valence-electron chi connectivity index (χ3n) is 2.75. The first-order valence-corrected chi connectivity index (χ1v) is 6.29. The fourth-order valence-corrected chi connectivity index (χ4v) is 1.61. The number of hydrogen-bond donors (Lipinski definition) is 2. The van der Waals surface area contributed by atoms with Gasteiger partial charge in [-0.1, -0.05) is 37.3 Å². The molecule has 0 aliphatic heterocycles. The summed E-state index contributed by atoms with van der Waals surface area (Å²) < 4.78 is 4.47. The highest BCUT2D eigenvalue weighted by Crippen LogP contribution is 2.00. The van der Waals surface area contributed by atoms with Gasteiger partial charge in [0.1, 0.15) is 6.54 Å². The van der Waals surface area contributed by atoms with E-state index < -0.39 is 5.97 Å². The normalized spacial score (nSPS) is 11.7. The van der Waals surface area contributed by atoms with Crippen molar-refractivity contribution in [2.45, 2.75) is 25.9 Å². The summed E-state index contributed by atoms with van der Waals surface area (Å²) in [6, 6.07) is 9.52. The van der Waals surface area contributed by atoms with E-state index in [1.54, 1.807) is 0 Å². The topological polar surface area (TPSA) is 67.4 Å². The maximum absolute atomic E-state index is 11.8. The van der Waals surface area contributed by atoms with Crippen LogP contribution in [0.4, 0.5) is 0 Å². The number of benzene rings is 1. The summed E-state index contributed by atoms with van der Waals surface area (Å²) in [5.74, 6) is -0.643. The number of carbonyl (C=O) groups excluding carboxylic acids is 2. The average Bonchev–Trinajstić information content (AvgIpc) is 2.46. The van der Waals surface area contributed by atoms with E-state index in [0.717, 1.165) is 5.56 Å². The SMILES string of the molecule is CC[C@H](NCc1ccccc1)C(=O)NCC(=O)OC. The minimum Gasteiger partial charge on any atom is -0.468 e. The van der Waals surface area contributed by atoms with E-state index in [1.165, 1.54) is 7.11 Å². The van der Waals surface area contributed by atoms with Gasteiger partial charge < -0.3 is 15.4 Å². The predicted molar refractivity (Wildman–Crippen MR) is 72.4 cm³/mol. The highest BCUT2D eigenvalue weighted by Gasteiger charge is 2.16. The molecule has 0 aromatic heterocycles. The van der Waals surface area contributed by atoms with E-state index >= 15 is 0 Å². The zero-order valence-electron chi connectivity index (χ0n) is 11.3. The number of esters is 1. The summed E-state index contributed by atoms with van der Waals surface area (Å²) in [6.07, 6.45) is 0.653. The van der Waals surface area contributed by atoms with Crippen LogP contribution in [0, 0.1) is 0 Å². The molecule has 1 aromatic carbocycles. The molecule has 0 aliphatic rings. The van der Waals surface area contributed by atoms with Gasteiger partial charge in [0.25, 0.3) is 0 Å². The third kappa shape index (κ3) is 5.52. The average molecular weight is 264 g/mol. The second-order valence-corrected chi connectivity index (χ2v) is 4.12. The van der Waals surface area contributed by atoms with Crippen molar-refractivity contribution in [1.82, 2.24) is 10.6 Å². The second kappa shape index (κ2) is 8.26. The maximum atomic E-state index is 11.8. The van der Waals surface area contributed by atoms with E-state index in [1.807, 2.05) is 37.3 Å². The molecule has 19 heavy (non-hydrogen) atoms. The Bertz CT molecular complexity index is 406. The Morgan fingerprint density at radius 2 is 1.95 bits per heavy atom. The van der Waals surface area contributed by atoms with Crippen molar-refractivity contribution in [2.24, 2.45) is 0 Å². The summed E-state index contributed by atoms with van der Waals surface area (Å²) in [5, 5.41) is 5.71. The summed E-state index contributed by atoms with van der Waals surface area (Å²) >= 11 is 0. The lowest BCUT2D eigenvalue weighted by atomic mass is 10.1. The van der Waals surface area contributed by atoms with Gasteiger partial charge in [-0.2, -0.15) is 0 Å². The molecule has 0 unspecified atom stereocenters. The van der Waals surface area contributed by atoms with Gasteiger partial charge in [-0.25, -0.2) is 0 Å². The van der Waals surface area contributed by atoms with Gasteiger partial charge in [-0.05, 0) is 12.0 Å². The number of nitrogens with one attached hydrogen (secondary N) is 2. The van der Waals surface area contributed by atoms with E-state index in [-0.39, 0.29) is 18.5 Å². The van der Waals surface area contributed by atoms with Gasteiger partial charge in [0.15, 0.2) is 0 Å². The summed E-state index contributed by atoms with van der Waals surface area (Å²) in [4.78, 5) is 22.8. The van der Waals surface area contributed by atoms with Crippen LogP contribution in [0.25, 0.3) is 0 Å². The quantitative estimate of drug-likeness (QED) is 0.716. The molecule has 1 rings (SSSR count). The zero-order chi connectivity index (χ0) is 14.1. The van der Waals surface area contributed by atoms with Crippen molar-refractivity contribution < 1.29 is 14.3 Å². The van der Waals surface area contributed by atoms with Crippen molar-refractivity contribution in [3.63, 3.8) is 0 Å². The summed E-state index contributed by atoms with van der Waals surface area (Å²) in [6.45, 7) is 2.43. The van der Waals surface area contributed by atoms with Crippen LogP contribution in [0.3, 0.4) is 0 Å². The summed E-state index contributed by atoms with van der Waals surface area (Å²) in [7, 11) is 1.29. The van der Waals surface area contributed by atoms with E-state index in [2.05, 4.69) is 15.4 Å². The Hall–Kier alpha value is -1.88. The Morgan fingerprint density at radius 1 is 1.26 bits per heavy atom. The summed E-state index contributed by atoms with van der Waals surface area (Å²) in [5.41, 5.74) is 1.11. The number of ether oxygens (including phenoxy) is 1. The van der Waals surface area contributed by atoms with Gasteiger partial charge in [-0.15, -0.1) is 0 Å². The molecule has 5 nitrogen and oxygen atoms in total. The Balaban J connectivity index is 2.40. The number of carbonyl (C=O) groups is 2. The van der Waals surface area contributed by atoms with Crippen LogP contribution >= 0.6 is 0 Å². The molecule has 0 spiro atoms. The van der Waals surface area contributed by atoms with E-state index in [9.17, 15) is 9.59 Å². The van der Waals surface area contributed by atoms with Crippen LogP contribution in [0.1, 0.15) is 18.9 Å². The first-order chi connectivity index (χ1) is 9.17. The van der Waals surface area contributed by atoms with Crippen molar-refractivity contribution in [3.8, 4) is 0 Å². The standard InChI is InChI=1S/C14H20N2O3/c1-3-12(14(18)16-10-13(17)19-2)15-9-11-7-5-4-6-8-11/h4-8,12,15H,3,9-10H2,1-2H3,(H,16,18)/t12-/m0/s1. The Labute approximate surface area is 113 Å². The molecule has 1 atom stereocenters. The highest BCUT2D eigenvalue weighted by molar-refractivity contribution is 5.85. The molecule has 1 aromatic rings. The Kier molecular flexibility index (Phi) is 6.60. The molecule has 0 bridgehead atoms. The monoisotopic (exact) mass is 264 g/mol. The predicted octanol–water partition coefficient (Wildman–Crippen LogP) is 0.844. The van der Waals surface area contributed by atoms with E-state index in [4.69, 9.17) is 0 Å². The minimum absolute atomic E-state index is 0.0984. The van der Waals surface area contributed by atoms with Crippen LogP contribution in [-0.4, -0.2) is 31.6 Å². The van der Waals surface area contributed by atoms with Crippen molar-refractivity contribution in [3.05, 3.63) is 35.9 Å². The fraction of sp³-hybridized carbons (Fsp3) is 0.429. The van der Waals surface area contributed by atoms with Crippen LogP contribution in [0.2, 0.25) is 0 Å². The Morgan fingerprint density at radius 3 is 2.53 bits per heavy atom. The minimum atomic E-state index is -0.453. The zero-order valence-corrected chi connectivity index (χ0v) is 11.3. The largest absolute Gasteiger partial charge is 0.468 e. The molecule has 0 saturated carbocycles. The first-order valence-electron chi connectivity index (χ1n) is 6.29. The highest BCUT2D eigenvalue weighted by atomic mass is 16.5. The van der Waals surface area contributed by atoms with Crippen molar-refractivity contribution >= 4 is 11.9 Å². The van der Waals surface area contributed by atoms with Crippen LogP contribution in [-0.2, 0) is 20.9 Å². The lowest BCUT2D eigenvalue weighted by molar-refractivity contribution is -0.141. The second-order valence-electron chi connectivity index (χ2n) is 4.12. The van der Waals surface area contributed by atoms with Gasteiger partial charge in [0, 0.05) is 6.54 Å². The molecule has 0 saturated heterocycles. The number of methoxy groups -OCH3 is 1. The molecule has 104 valence electrons. The maximum Gasteiger partial charge on any atom is 0.325 e. The fourth-order valence-electron chi connectivity index (χ4n) is 1.61. The van der Waals surface area contributed by atoms with Crippen LogP contribution in [0.15, 0.2) is 30.3 Å². The van der Waals surface area contributed by atoms with Crippen molar-refractivity contribution in [1.29, 1.82) is 0 Å². The molecule has 0 fully saturated rings. The molecular formula is C14H20N2O3. The van der Waals surface area contributed by atoms with Gasteiger partial charge in [-0.3, -0.25) is 9.59 Å². The van der Waals surface area contributed by atoms with Gasteiger partial charge >= 0.3 is 5.97 Å². The molecule has 5 heteroatoms. The molecule has 1 amide bonds. The van der Waals surface area contributed by atoms with Gasteiger partial charge in [0.05, 0.1) is 13.2 Å². The number of amides is 1. The van der Waals surface area contributed by atoms with Crippen molar-refractivity contribution in [2.75, 3.05) is 13.7 Å². The van der Waals surface area contributed by atoms with Crippen LogP contribution < -0.4 is 10.6 Å². The van der Waals surface area contributed by atoms with Crippen LogP contribution in [0.5, 0.6) is 0 Å². The number of rotatable bonds is 7. The molecule has 0 heterocycles. The number of hydrogen-bond acceptors (Lipinski definition) is 4. The molecule has 0 aliphatic carbocycles. The lowest BCUT2D eigenvalue weighted by Gasteiger charge is -2.16. The van der Waals surface area contributed by atoms with E-state index in [0.29, 0.717) is 13.0 Å². The molecule has 0 radical (unpaired) electrons. The van der Waals surface area contributed by atoms with Gasteiger partial charge in [0.2, 0.25) is 5.91 Å². The molecular weight excluding hydrogens is 244 g/mol. The lowest BCUT2D eigenvalue weighted by Crippen LogP contribution is -2.45. The smallest absolute Gasteiger partial charge is 0.325 e. The first kappa shape index (κ1) is 15.2.